The van der Waals surface area contributed by atoms with E-state index in [1.54, 1.807) is 6.08 Å². The molecule has 5 heteroatoms. The van der Waals surface area contributed by atoms with Gasteiger partial charge in [-0.2, -0.15) is 5.10 Å². The van der Waals surface area contributed by atoms with Crippen molar-refractivity contribution >= 4 is 29.0 Å². The minimum Gasteiger partial charge on any atom is -0.356 e. The molecule has 132 valence electrons. The molecule has 2 aromatic carbocycles. The summed E-state index contributed by atoms with van der Waals surface area (Å²) in [6, 6.07) is 17.6. The molecule has 0 saturated carbocycles. The predicted molar refractivity (Wildman–Crippen MR) is 107 cm³/mol. The number of rotatable bonds is 5. The molecule has 2 N–H and O–H groups in total. The molecule has 0 atom stereocenters. The summed E-state index contributed by atoms with van der Waals surface area (Å²) in [7, 11) is 1.89. The first-order valence-corrected chi connectivity index (χ1v) is 8.44. The molecule has 1 heterocycles. The molecular formula is C21H22N4O. The lowest BCUT2D eigenvalue weighted by Crippen LogP contribution is -2.07. The number of nitrogens with zero attached hydrogens (tertiary/aromatic N) is 2. The highest BCUT2D eigenvalue weighted by molar-refractivity contribution is 6.02. The van der Waals surface area contributed by atoms with Crippen LogP contribution in [0.15, 0.2) is 60.7 Å². The zero-order valence-corrected chi connectivity index (χ0v) is 15.2. The van der Waals surface area contributed by atoms with Crippen LogP contribution in [0.2, 0.25) is 0 Å². The van der Waals surface area contributed by atoms with Crippen molar-refractivity contribution in [3.63, 3.8) is 0 Å². The molecule has 0 saturated heterocycles. The van der Waals surface area contributed by atoms with Gasteiger partial charge in [0.05, 0.1) is 5.69 Å². The highest BCUT2D eigenvalue weighted by Gasteiger charge is 2.06. The average molecular weight is 346 g/mol. The summed E-state index contributed by atoms with van der Waals surface area (Å²) in [5.41, 5.74) is 5.65. The number of hydrogen-bond acceptors (Lipinski definition) is 3. The topological polar surface area (TPSA) is 59.0 Å². The Hall–Kier alpha value is -3.34. The summed E-state index contributed by atoms with van der Waals surface area (Å²) in [6.45, 7) is 3.92. The number of nitrogens with one attached hydrogen (secondary N) is 2. The third-order valence-corrected chi connectivity index (χ3v) is 4.18. The average Bonchev–Trinajstić information content (AvgIpc) is 2.88. The lowest BCUT2D eigenvalue weighted by Gasteiger charge is -2.07. The van der Waals surface area contributed by atoms with E-state index in [9.17, 15) is 4.79 Å². The predicted octanol–water partition coefficient (Wildman–Crippen LogP) is 4.43. The normalized spacial score (nSPS) is 10.9. The van der Waals surface area contributed by atoms with Gasteiger partial charge < -0.3 is 10.6 Å². The van der Waals surface area contributed by atoms with Gasteiger partial charge in [-0.05, 0) is 56.3 Å². The minimum atomic E-state index is -0.170. The smallest absolute Gasteiger partial charge is 0.248 e. The Morgan fingerprint density at radius 1 is 0.962 bits per heavy atom. The van der Waals surface area contributed by atoms with Crippen LogP contribution >= 0.6 is 0 Å². The van der Waals surface area contributed by atoms with Gasteiger partial charge in [0, 0.05) is 41.4 Å². The maximum atomic E-state index is 12.2. The molecule has 0 radical (unpaired) electrons. The molecule has 3 aromatic rings. The van der Waals surface area contributed by atoms with Crippen molar-refractivity contribution in [2.24, 2.45) is 7.05 Å². The van der Waals surface area contributed by atoms with Gasteiger partial charge in [0.15, 0.2) is 0 Å². The van der Waals surface area contributed by atoms with Crippen LogP contribution in [0.25, 0.3) is 6.08 Å². The van der Waals surface area contributed by atoms with Gasteiger partial charge in [-0.25, -0.2) is 0 Å². The fourth-order valence-corrected chi connectivity index (χ4v) is 2.70. The molecule has 1 aromatic heterocycles. The molecule has 0 aliphatic rings. The Balaban J connectivity index is 1.61. The van der Waals surface area contributed by atoms with Crippen LogP contribution in [0, 0.1) is 13.8 Å². The van der Waals surface area contributed by atoms with Crippen molar-refractivity contribution in [3.8, 4) is 0 Å². The van der Waals surface area contributed by atoms with Crippen molar-refractivity contribution in [3.05, 3.63) is 77.6 Å². The van der Waals surface area contributed by atoms with E-state index in [4.69, 9.17) is 0 Å². The number of amides is 1. The summed E-state index contributed by atoms with van der Waals surface area (Å²) in [5.74, 6) is -0.170. The van der Waals surface area contributed by atoms with Gasteiger partial charge in [-0.1, -0.05) is 18.2 Å². The van der Waals surface area contributed by atoms with Gasteiger partial charge in [0.25, 0.3) is 0 Å². The van der Waals surface area contributed by atoms with E-state index in [-0.39, 0.29) is 5.91 Å². The summed E-state index contributed by atoms with van der Waals surface area (Å²) in [5, 5.41) is 10.5. The number of carbonyl (C=O) groups excluding carboxylic acids is 1. The molecule has 0 aliphatic carbocycles. The number of para-hydroxylation sites is 1. The third kappa shape index (κ3) is 4.19. The number of anilines is 3. The summed E-state index contributed by atoms with van der Waals surface area (Å²) in [4.78, 5) is 12.2. The summed E-state index contributed by atoms with van der Waals surface area (Å²) < 4.78 is 1.81. The van der Waals surface area contributed by atoms with E-state index in [1.807, 2.05) is 80.2 Å². The second-order valence-corrected chi connectivity index (χ2v) is 6.10. The van der Waals surface area contributed by atoms with Crippen LogP contribution in [-0.4, -0.2) is 15.7 Å². The fourth-order valence-electron chi connectivity index (χ4n) is 2.70. The highest BCUT2D eigenvalue weighted by Crippen LogP contribution is 2.19. The molecule has 0 spiro atoms. The third-order valence-electron chi connectivity index (χ3n) is 4.18. The Bertz CT molecular complexity index is 925. The van der Waals surface area contributed by atoms with Crippen molar-refractivity contribution < 1.29 is 4.79 Å². The summed E-state index contributed by atoms with van der Waals surface area (Å²) >= 11 is 0. The Morgan fingerprint density at radius 3 is 2.19 bits per heavy atom. The zero-order chi connectivity index (χ0) is 18.5. The number of benzene rings is 2. The molecule has 0 aliphatic heterocycles. The number of aryl methyl sites for hydroxylation is 2. The molecule has 26 heavy (non-hydrogen) atoms. The molecule has 0 bridgehead atoms. The fraction of sp³-hybridized carbons (Fsp3) is 0.143. The van der Waals surface area contributed by atoms with Crippen LogP contribution in [0.4, 0.5) is 17.1 Å². The molecule has 5 nitrogen and oxygen atoms in total. The first-order valence-electron chi connectivity index (χ1n) is 8.44. The van der Waals surface area contributed by atoms with E-state index < -0.39 is 0 Å². The molecule has 3 rings (SSSR count). The largest absolute Gasteiger partial charge is 0.356 e. The Kier molecular flexibility index (Phi) is 5.17. The van der Waals surface area contributed by atoms with Gasteiger partial charge in [-0.3, -0.25) is 9.48 Å². The zero-order valence-electron chi connectivity index (χ0n) is 15.2. The molecule has 0 unspecified atom stereocenters. The SMILES string of the molecule is Cc1nn(C)c(C)c1/C=C\C(=O)Nc1ccc(Nc2ccccc2)cc1. The van der Waals surface area contributed by atoms with Crippen molar-refractivity contribution in [1.29, 1.82) is 0 Å². The Labute approximate surface area is 153 Å². The van der Waals surface area contributed by atoms with E-state index in [0.717, 1.165) is 34.0 Å². The standard InChI is InChI=1S/C21H22N4O/c1-15-20(16(2)25(3)24-15)13-14-21(26)23-19-11-9-18(10-12-19)22-17-7-5-4-6-8-17/h4-14,22H,1-3H3,(H,23,26)/b14-13-. The van der Waals surface area contributed by atoms with Gasteiger partial charge in [-0.15, -0.1) is 0 Å². The first-order chi connectivity index (χ1) is 12.5. The maximum Gasteiger partial charge on any atom is 0.248 e. The second kappa shape index (κ2) is 7.70. The van der Waals surface area contributed by atoms with Crippen molar-refractivity contribution in [2.75, 3.05) is 10.6 Å². The molecule has 0 fully saturated rings. The van der Waals surface area contributed by atoms with Crippen LogP contribution in [0.3, 0.4) is 0 Å². The lowest BCUT2D eigenvalue weighted by molar-refractivity contribution is -0.111. The van der Waals surface area contributed by atoms with E-state index in [0.29, 0.717) is 0 Å². The van der Waals surface area contributed by atoms with E-state index in [1.165, 1.54) is 6.08 Å². The van der Waals surface area contributed by atoms with Crippen molar-refractivity contribution in [2.45, 2.75) is 13.8 Å². The van der Waals surface area contributed by atoms with Crippen LogP contribution < -0.4 is 10.6 Å². The maximum absolute atomic E-state index is 12.2. The van der Waals surface area contributed by atoms with E-state index in [2.05, 4.69) is 15.7 Å². The van der Waals surface area contributed by atoms with Crippen LogP contribution in [0.1, 0.15) is 17.0 Å². The highest BCUT2D eigenvalue weighted by atomic mass is 16.1. The van der Waals surface area contributed by atoms with Crippen LogP contribution in [0.5, 0.6) is 0 Å². The van der Waals surface area contributed by atoms with Crippen LogP contribution in [-0.2, 0) is 11.8 Å². The quantitative estimate of drug-likeness (QED) is 0.672. The van der Waals surface area contributed by atoms with Crippen molar-refractivity contribution in [1.82, 2.24) is 9.78 Å². The van der Waals surface area contributed by atoms with Gasteiger partial charge >= 0.3 is 0 Å². The second-order valence-electron chi connectivity index (χ2n) is 6.10. The lowest BCUT2D eigenvalue weighted by atomic mass is 10.2. The van der Waals surface area contributed by atoms with Gasteiger partial charge in [0.1, 0.15) is 0 Å². The van der Waals surface area contributed by atoms with Gasteiger partial charge in [0.2, 0.25) is 5.91 Å². The Morgan fingerprint density at radius 2 is 1.58 bits per heavy atom. The molecular weight excluding hydrogens is 324 g/mol. The number of hydrogen-bond donors (Lipinski definition) is 2. The number of carbonyl (C=O) groups is 1. The number of aromatic nitrogens is 2. The minimum absolute atomic E-state index is 0.170. The monoisotopic (exact) mass is 346 g/mol. The van der Waals surface area contributed by atoms with E-state index >= 15 is 0 Å². The first kappa shape index (κ1) is 17.5. The molecule has 1 amide bonds. The summed E-state index contributed by atoms with van der Waals surface area (Å²) in [6.07, 6.45) is 3.34.